The van der Waals surface area contributed by atoms with Gasteiger partial charge in [-0.2, -0.15) is 5.57 Å². The van der Waals surface area contributed by atoms with E-state index in [0.29, 0.717) is 47.7 Å². The van der Waals surface area contributed by atoms with E-state index < -0.39 is 32.5 Å². The fraction of sp³-hybridized carbons (Fsp3) is 0.366. The molecular formula is C82H119BrNa2O17P2. The van der Waals surface area contributed by atoms with Crippen LogP contribution in [0.1, 0.15) is 154 Å². The molecule has 2 unspecified atom stereocenters. The van der Waals surface area contributed by atoms with Gasteiger partial charge in [0.05, 0.1) is 45.6 Å². The van der Waals surface area contributed by atoms with Crippen molar-refractivity contribution < 1.29 is 141 Å². The zero-order valence-corrected chi connectivity index (χ0v) is 69.7. The van der Waals surface area contributed by atoms with E-state index in [9.17, 15) is 48.0 Å². The normalized spacial score (nSPS) is 12.6. The molecule has 0 spiro atoms. The molecule has 0 radical (unpaired) electrons. The summed E-state index contributed by atoms with van der Waals surface area (Å²) in [6.45, 7) is 33.4. The Morgan fingerprint density at radius 2 is 0.712 bits per heavy atom. The third-order valence-corrected chi connectivity index (χ3v) is 19.8. The maximum atomic E-state index is 12.9. The van der Waals surface area contributed by atoms with E-state index in [1.807, 2.05) is 126 Å². The molecule has 2 atom stereocenters. The number of hydrogen-bond acceptors (Lipinski definition) is 17. The van der Waals surface area contributed by atoms with Gasteiger partial charge in [0.15, 0.2) is 11.3 Å². The zero-order chi connectivity index (χ0) is 73.1. The van der Waals surface area contributed by atoms with Crippen LogP contribution in [-0.2, 0) is 70.9 Å². The first-order chi connectivity index (χ1) is 45.6. The molecule has 0 aliphatic rings. The zero-order valence-electron chi connectivity index (χ0n) is 62.2. The van der Waals surface area contributed by atoms with E-state index in [-0.39, 0.29) is 160 Å². The molecule has 3 aromatic rings. The standard InChI is InChI=1S/C23H24O2P.C20H28O4.C16H19O3.C10H12O2.C9H19O5P.4CH4.BrH.2Na.H2O/c1-3-25-23(24)19(2)26(20-13-7-4-8-14-20,21-15-9-5-10-16-21)22-17-11-6-12-18-22;1-7-23-19(21)17(5)13-15(3)11-9-10-12-16(4)14-18(6)20(22)24-8-2;1-12(9-14(3)11-17)7-5-6-8-13(2)10-15(4)16(18)19;1-9(7-11)5-3-4-6-10(2)8-12;1-5-12-9(10)8(4)15(11,13-6-2)14-7-3;;;;;;;;/h4-19H,3H2,1-2H3;9-14H,7-8H2,1-6H3;5-10H,1-4H3,(H,18,19);3-8H,1-2H3;8H,5-7H2,1-4H3;4*1H4;1H;;;1H2/q+1;;-1;;;;;;;;2*+1;/p-2/b;10-9+,15-11+,16-12+,17-13+,18-14+;6-5+,12-7+,13-8+,14-9+,15-10+;4-3+,9-5+,10-6+;;;;;;;;;. The van der Waals surface area contributed by atoms with Gasteiger partial charge in [0.1, 0.15) is 35.7 Å². The van der Waals surface area contributed by atoms with Crippen LogP contribution in [0.2, 0.25) is 0 Å². The average Bonchev–Trinajstić information content (AvgIpc) is 0.741. The summed E-state index contributed by atoms with van der Waals surface area (Å²) in [7, 11) is -5.58. The molecule has 3 rings (SSSR count). The molecular weight excluding hydrogens is 1440 g/mol. The molecule has 3 aromatic carbocycles. The molecule has 0 saturated carbocycles. The number of hydrogen-bond donors (Lipinski definition) is 0. The maximum absolute atomic E-state index is 12.9. The summed E-state index contributed by atoms with van der Waals surface area (Å²) in [6, 6.07) is 31.2. The maximum Gasteiger partial charge on any atom is 1.00 e. The van der Waals surface area contributed by atoms with Crippen molar-refractivity contribution in [3.63, 3.8) is 0 Å². The third-order valence-electron chi connectivity index (χ3n) is 12.7. The Balaban J connectivity index is -0.000000133. The van der Waals surface area contributed by atoms with E-state index in [4.69, 9.17) is 28.0 Å². The fourth-order valence-corrected chi connectivity index (χ4v) is 14.2. The largest absolute Gasteiger partial charge is 1.00 e. The van der Waals surface area contributed by atoms with Crippen LogP contribution in [0.4, 0.5) is 0 Å². The van der Waals surface area contributed by atoms with Gasteiger partial charge in [-0.25, -0.2) is 20.5 Å². The number of aliphatic carboxylic acids is 1. The number of carbonyl (C=O) groups is 7. The number of benzene rings is 3. The Hall–Kier alpha value is -6.34. The Morgan fingerprint density at radius 1 is 0.442 bits per heavy atom. The number of allylic oxidation sites excluding steroid dienone is 23. The van der Waals surface area contributed by atoms with Crippen molar-refractivity contribution in [2.75, 3.05) is 39.6 Å². The monoisotopic (exact) mass is 1560 g/mol. The Kier molecular flexibility index (Phi) is 81.0. The van der Waals surface area contributed by atoms with Crippen molar-refractivity contribution in [1.82, 2.24) is 0 Å². The first kappa shape index (κ1) is 119. The van der Waals surface area contributed by atoms with Crippen LogP contribution in [0.5, 0.6) is 0 Å². The SMILES string of the molecule is Br.C.C.C.C.CCOC(=O)/C(C)=C/C(C)=C/C=C/C=C(C)/C=C(\C)C(=O)OCC.CCOC(=O)C(C)P(=O)(OCC)OCC.CCOC(=O)C(C)[P+](c1ccccc1)(c1ccccc1)c1ccccc1.C\C(C=O)=C/C=C/C=C(\C)C=O.C\C([C-]=O)=C/C(C)=C/C=C/C=C(C)/C=C(\C)C(=O)[O-].[Na+].[Na+].[OH-]. The smallest absolute Gasteiger partial charge is 0.870 e. The number of carboxylic acid groups (broad SMARTS) is 1. The first-order valence-electron chi connectivity index (χ1n) is 31.5. The summed E-state index contributed by atoms with van der Waals surface area (Å²) in [6.07, 6.45) is 31.8. The van der Waals surface area contributed by atoms with Crippen molar-refractivity contribution >= 4 is 96.5 Å². The van der Waals surface area contributed by atoms with Crippen LogP contribution in [0.3, 0.4) is 0 Å². The van der Waals surface area contributed by atoms with Crippen LogP contribution in [-0.4, -0.2) is 105 Å². The minimum Gasteiger partial charge on any atom is -0.870 e. The Bertz CT molecular complexity index is 3230. The van der Waals surface area contributed by atoms with Crippen molar-refractivity contribution in [2.45, 2.75) is 166 Å². The number of rotatable bonds is 31. The molecule has 104 heavy (non-hydrogen) atoms. The minimum atomic E-state index is -3.37. The third kappa shape index (κ3) is 50.2. The minimum absolute atomic E-state index is 0. The van der Waals surface area contributed by atoms with Gasteiger partial charge in [-0.1, -0.05) is 194 Å². The van der Waals surface area contributed by atoms with Gasteiger partial charge in [0, 0.05) is 11.1 Å². The van der Waals surface area contributed by atoms with Gasteiger partial charge in [0.25, 0.3) is 0 Å². The van der Waals surface area contributed by atoms with Gasteiger partial charge < -0.3 is 48.2 Å². The molecule has 0 aliphatic heterocycles. The second-order valence-corrected chi connectivity index (χ2v) is 27.1. The number of carboxylic acids is 1. The molecule has 0 saturated heterocycles. The number of ether oxygens (including phenoxy) is 4. The number of carbonyl (C=O) groups excluding carboxylic acids is 8. The molecule has 0 fully saturated rings. The average molecular weight is 1560 g/mol. The van der Waals surface area contributed by atoms with Gasteiger partial charge >= 0.3 is 90.6 Å². The molecule has 22 heteroatoms. The van der Waals surface area contributed by atoms with Crippen LogP contribution in [0.15, 0.2) is 244 Å². The van der Waals surface area contributed by atoms with E-state index >= 15 is 0 Å². The fourth-order valence-electron chi connectivity index (χ4n) is 8.12. The molecule has 1 N–H and O–H groups in total. The van der Waals surface area contributed by atoms with Crippen molar-refractivity contribution in [3.05, 3.63) is 244 Å². The van der Waals surface area contributed by atoms with Gasteiger partial charge in [-0.15, -0.1) is 22.6 Å². The van der Waals surface area contributed by atoms with Crippen LogP contribution in [0, 0.1) is 0 Å². The number of esters is 4. The van der Waals surface area contributed by atoms with E-state index in [2.05, 4.69) is 36.4 Å². The van der Waals surface area contributed by atoms with E-state index in [1.165, 1.54) is 29.8 Å². The first-order valence-corrected chi connectivity index (χ1v) is 35.0. The molecule has 0 bridgehead atoms. The predicted molar refractivity (Wildman–Crippen MR) is 428 cm³/mol. The summed E-state index contributed by atoms with van der Waals surface area (Å²) in [5.41, 5.74) is 5.68. The topological polar surface area (TPSA) is 262 Å². The van der Waals surface area contributed by atoms with Crippen molar-refractivity contribution in [1.29, 1.82) is 0 Å². The second kappa shape index (κ2) is 70.9. The van der Waals surface area contributed by atoms with Gasteiger partial charge in [-0.3, -0.25) is 18.9 Å². The quantitative estimate of drug-likeness (QED) is 0.00847. The van der Waals surface area contributed by atoms with Crippen molar-refractivity contribution in [3.8, 4) is 0 Å². The van der Waals surface area contributed by atoms with Crippen LogP contribution >= 0.6 is 31.8 Å². The molecule has 568 valence electrons. The second-order valence-electron chi connectivity index (χ2n) is 21.0. The molecule has 0 amide bonds. The van der Waals surface area contributed by atoms with Crippen molar-refractivity contribution in [2.24, 2.45) is 0 Å². The summed E-state index contributed by atoms with van der Waals surface area (Å²) in [4.78, 5) is 88.4. The van der Waals surface area contributed by atoms with E-state index in [0.717, 1.165) is 34.9 Å². The molecule has 0 heterocycles. The van der Waals surface area contributed by atoms with E-state index in [1.54, 1.807) is 143 Å². The van der Waals surface area contributed by atoms with Gasteiger partial charge in [0.2, 0.25) is 0 Å². The summed E-state index contributed by atoms with van der Waals surface area (Å²) in [5.74, 6) is -2.47. The predicted octanol–water partition coefficient (Wildman–Crippen LogP) is 11.6. The Morgan fingerprint density at radius 3 is 0.971 bits per heavy atom. The number of halogens is 1. The molecule has 17 nitrogen and oxygen atoms in total. The summed E-state index contributed by atoms with van der Waals surface area (Å²) in [5, 5.41) is 14.1. The van der Waals surface area contributed by atoms with Crippen LogP contribution < -0.4 is 80.1 Å². The van der Waals surface area contributed by atoms with Gasteiger partial charge in [-0.05, 0) is 182 Å². The summed E-state index contributed by atoms with van der Waals surface area (Å²) >= 11 is 0. The van der Waals surface area contributed by atoms with Crippen LogP contribution in [0.25, 0.3) is 0 Å². The summed E-state index contributed by atoms with van der Waals surface area (Å²) < 4.78 is 42.2. The number of aldehydes is 2. The Labute approximate surface area is 680 Å². The molecule has 0 aliphatic carbocycles. The molecule has 0 aromatic heterocycles.